The van der Waals surface area contributed by atoms with Gasteiger partial charge in [-0.1, -0.05) is 42.3 Å². The molecule has 1 atom stereocenters. The number of imide groups is 1. The molecule has 1 aliphatic rings. The third-order valence-corrected chi connectivity index (χ3v) is 8.50. The molecule has 1 heterocycles. The van der Waals surface area contributed by atoms with Gasteiger partial charge >= 0.3 is 6.03 Å². The molecular formula is C26H24Cl2N4O5S. The summed E-state index contributed by atoms with van der Waals surface area (Å²) in [7, 11) is -3.92. The first kappa shape index (κ1) is 27.4. The van der Waals surface area contributed by atoms with Crippen molar-refractivity contribution in [1.29, 1.82) is 0 Å². The standard InChI is InChI=1S/C26H24Cl2N4O5S/c1-2-26(14-13-23(33)31-24(26)34)16-3-5-18(6-4-16)32-38(36,37)20-10-7-17(8-11-20)29-25(35)30-19-9-12-21(27)22(28)15-19/h3-12,15,32H,2,13-14H2,1H3,(H2,29,30,35)(H,31,33,34). The highest BCUT2D eigenvalue weighted by Crippen LogP contribution is 2.36. The van der Waals surface area contributed by atoms with E-state index < -0.39 is 21.5 Å². The molecule has 0 radical (unpaired) electrons. The van der Waals surface area contributed by atoms with E-state index in [1.165, 1.54) is 30.3 Å². The summed E-state index contributed by atoms with van der Waals surface area (Å²) < 4.78 is 28.3. The monoisotopic (exact) mass is 574 g/mol. The van der Waals surface area contributed by atoms with Crippen molar-refractivity contribution < 1.29 is 22.8 Å². The molecule has 9 nitrogen and oxygen atoms in total. The highest BCUT2D eigenvalue weighted by molar-refractivity contribution is 7.92. The first-order valence-electron chi connectivity index (χ1n) is 11.6. The van der Waals surface area contributed by atoms with E-state index in [-0.39, 0.29) is 23.1 Å². The zero-order chi connectivity index (χ0) is 27.5. The molecule has 3 aromatic carbocycles. The molecule has 12 heteroatoms. The van der Waals surface area contributed by atoms with Crippen LogP contribution in [0.3, 0.4) is 0 Å². The van der Waals surface area contributed by atoms with Crippen LogP contribution < -0.4 is 20.7 Å². The third kappa shape index (κ3) is 5.93. The fourth-order valence-corrected chi connectivity index (χ4v) is 5.58. The van der Waals surface area contributed by atoms with Crippen molar-refractivity contribution in [3.63, 3.8) is 0 Å². The summed E-state index contributed by atoms with van der Waals surface area (Å²) in [6.07, 6.45) is 1.14. The summed E-state index contributed by atoms with van der Waals surface area (Å²) in [5, 5.41) is 8.27. The van der Waals surface area contributed by atoms with Gasteiger partial charge in [0.2, 0.25) is 11.8 Å². The quantitative estimate of drug-likeness (QED) is 0.275. The highest BCUT2D eigenvalue weighted by atomic mass is 35.5. The Morgan fingerprint density at radius 3 is 2.11 bits per heavy atom. The molecule has 1 fully saturated rings. The van der Waals surface area contributed by atoms with Crippen LogP contribution in [0.25, 0.3) is 0 Å². The lowest BCUT2D eigenvalue weighted by molar-refractivity contribution is -0.138. The van der Waals surface area contributed by atoms with E-state index in [1.807, 2.05) is 6.92 Å². The molecule has 3 aromatic rings. The van der Waals surface area contributed by atoms with E-state index in [0.717, 1.165) is 0 Å². The molecule has 0 aromatic heterocycles. The molecule has 1 aliphatic heterocycles. The van der Waals surface area contributed by atoms with Gasteiger partial charge in [-0.05, 0) is 73.0 Å². The number of halogens is 2. The average Bonchev–Trinajstić information content (AvgIpc) is 2.87. The van der Waals surface area contributed by atoms with E-state index in [1.54, 1.807) is 36.4 Å². The Morgan fingerprint density at radius 2 is 1.50 bits per heavy atom. The van der Waals surface area contributed by atoms with Crippen molar-refractivity contribution in [3.05, 3.63) is 82.3 Å². The van der Waals surface area contributed by atoms with Crippen molar-refractivity contribution >= 4 is 68.1 Å². The minimum atomic E-state index is -3.92. The number of carbonyl (C=O) groups excluding carboxylic acids is 3. The molecule has 38 heavy (non-hydrogen) atoms. The topological polar surface area (TPSA) is 133 Å². The van der Waals surface area contributed by atoms with Gasteiger partial charge in [0, 0.05) is 23.5 Å². The summed E-state index contributed by atoms with van der Waals surface area (Å²) in [5.41, 5.74) is 1.01. The van der Waals surface area contributed by atoms with Crippen molar-refractivity contribution in [1.82, 2.24) is 5.32 Å². The minimum Gasteiger partial charge on any atom is -0.308 e. The Labute approximate surface area is 230 Å². The zero-order valence-electron chi connectivity index (χ0n) is 20.2. The molecule has 0 spiro atoms. The second-order valence-electron chi connectivity index (χ2n) is 8.73. The summed E-state index contributed by atoms with van der Waals surface area (Å²) >= 11 is 11.8. The second-order valence-corrected chi connectivity index (χ2v) is 11.2. The van der Waals surface area contributed by atoms with Crippen LogP contribution in [0.15, 0.2) is 71.6 Å². The molecule has 0 saturated carbocycles. The van der Waals surface area contributed by atoms with Crippen molar-refractivity contribution in [3.8, 4) is 0 Å². The van der Waals surface area contributed by atoms with E-state index in [4.69, 9.17) is 23.2 Å². The van der Waals surface area contributed by atoms with Gasteiger partial charge in [0.25, 0.3) is 10.0 Å². The zero-order valence-corrected chi connectivity index (χ0v) is 22.5. The summed E-state index contributed by atoms with van der Waals surface area (Å²) in [6.45, 7) is 1.88. The number of rotatable bonds is 7. The lowest BCUT2D eigenvalue weighted by Gasteiger charge is -2.35. The maximum absolute atomic E-state index is 12.9. The van der Waals surface area contributed by atoms with Gasteiger partial charge in [0.1, 0.15) is 0 Å². The number of benzene rings is 3. The molecule has 0 aliphatic carbocycles. The number of amides is 4. The smallest absolute Gasteiger partial charge is 0.308 e. The van der Waals surface area contributed by atoms with Gasteiger partial charge < -0.3 is 10.6 Å². The molecular weight excluding hydrogens is 551 g/mol. The van der Waals surface area contributed by atoms with Gasteiger partial charge in [0.15, 0.2) is 0 Å². The number of nitrogens with one attached hydrogen (secondary N) is 4. The number of sulfonamides is 1. The maximum atomic E-state index is 12.9. The average molecular weight is 575 g/mol. The molecule has 198 valence electrons. The van der Waals surface area contributed by atoms with Crippen LogP contribution in [0.2, 0.25) is 10.0 Å². The van der Waals surface area contributed by atoms with E-state index >= 15 is 0 Å². The predicted molar refractivity (Wildman–Crippen MR) is 147 cm³/mol. The first-order chi connectivity index (χ1) is 18.0. The van der Waals surface area contributed by atoms with Gasteiger partial charge in [0.05, 0.1) is 20.4 Å². The number of hydrogen-bond acceptors (Lipinski definition) is 5. The molecule has 4 N–H and O–H groups in total. The van der Waals surface area contributed by atoms with Crippen molar-refractivity contribution in [2.45, 2.75) is 36.5 Å². The van der Waals surface area contributed by atoms with Crippen LogP contribution in [-0.4, -0.2) is 26.3 Å². The Morgan fingerprint density at radius 1 is 0.895 bits per heavy atom. The molecule has 0 bridgehead atoms. The van der Waals surface area contributed by atoms with Crippen LogP contribution in [0, 0.1) is 0 Å². The molecule has 4 amide bonds. The van der Waals surface area contributed by atoms with E-state index in [2.05, 4.69) is 20.7 Å². The first-order valence-corrected chi connectivity index (χ1v) is 13.9. The number of anilines is 3. The summed E-state index contributed by atoms with van der Waals surface area (Å²) in [6, 6.07) is 16.3. The van der Waals surface area contributed by atoms with Gasteiger partial charge in [-0.3, -0.25) is 19.6 Å². The number of piperidine rings is 1. The van der Waals surface area contributed by atoms with E-state index in [9.17, 15) is 22.8 Å². The second kappa shape index (κ2) is 11.0. The van der Waals surface area contributed by atoms with Crippen LogP contribution in [0.5, 0.6) is 0 Å². The highest BCUT2D eigenvalue weighted by Gasteiger charge is 2.42. The maximum Gasteiger partial charge on any atom is 0.323 e. The normalized spacial score (nSPS) is 17.4. The largest absolute Gasteiger partial charge is 0.323 e. The van der Waals surface area contributed by atoms with Crippen LogP contribution in [-0.2, 0) is 25.0 Å². The number of hydrogen-bond donors (Lipinski definition) is 4. The number of urea groups is 1. The minimum absolute atomic E-state index is 0.00721. The van der Waals surface area contributed by atoms with Crippen LogP contribution in [0.4, 0.5) is 21.9 Å². The number of carbonyl (C=O) groups is 3. The van der Waals surface area contributed by atoms with Crippen LogP contribution in [0.1, 0.15) is 31.7 Å². The van der Waals surface area contributed by atoms with E-state index in [0.29, 0.717) is 45.5 Å². The molecule has 1 unspecified atom stereocenters. The Bertz CT molecular complexity index is 1500. The third-order valence-electron chi connectivity index (χ3n) is 6.36. The Balaban J connectivity index is 1.41. The van der Waals surface area contributed by atoms with Crippen molar-refractivity contribution in [2.75, 3.05) is 15.4 Å². The van der Waals surface area contributed by atoms with Gasteiger partial charge in [-0.15, -0.1) is 0 Å². The van der Waals surface area contributed by atoms with Crippen molar-refractivity contribution in [2.24, 2.45) is 0 Å². The fourth-order valence-electron chi connectivity index (χ4n) is 4.22. The Kier molecular flexibility index (Phi) is 7.96. The fraction of sp³-hybridized carbons (Fsp3) is 0.192. The lowest BCUT2D eigenvalue weighted by Crippen LogP contribution is -2.51. The van der Waals surface area contributed by atoms with Crippen LogP contribution >= 0.6 is 23.2 Å². The molecule has 4 rings (SSSR count). The summed E-state index contributed by atoms with van der Waals surface area (Å²) in [5.74, 6) is -0.638. The Hall–Kier alpha value is -3.60. The summed E-state index contributed by atoms with van der Waals surface area (Å²) in [4.78, 5) is 36.4. The van der Waals surface area contributed by atoms with Gasteiger partial charge in [-0.25, -0.2) is 13.2 Å². The SMILES string of the molecule is CCC1(c2ccc(NS(=O)(=O)c3ccc(NC(=O)Nc4ccc(Cl)c(Cl)c4)cc3)cc2)CCC(=O)NC1=O. The lowest BCUT2D eigenvalue weighted by atomic mass is 9.72. The van der Waals surface area contributed by atoms with Gasteiger partial charge in [-0.2, -0.15) is 0 Å². The molecule has 1 saturated heterocycles. The predicted octanol–water partition coefficient (Wildman–Crippen LogP) is 5.52.